The third-order valence-electron chi connectivity index (χ3n) is 2.97. The highest BCUT2D eigenvalue weighted by Crippen LogP contribution is 2.50. The third kappa shape index (κ3) is 2.12. The van der Waals surface area contributed by atoms with E-state index in [-0.39, 0.29) is 6.03 Å². The average molecular weight is 204 g/mol. The predicted molar refractivity (Wildman–Crippen MR) is 60.2 cm³/mol. The zero-order chi connectivity index (χ0) is 10.8. The first kappa shape index (κ1) is 10.0. The first-order chi connectivity index (χ1) is 7.22. The molecule has 0 saturated heterocycles. The highest BCUT2D eigenvalue weighted by molar-refractivity contribution is 5.76. The van der Waals surface area contributed by atoms with Crippen molar-refractivity contribution in [2.75, 3.05) is 6.54 Å². The minimum atomic E-state index is -0.139. The Labute approximate surface area is 89.9 Å². The van der Waals surface area contributed by atoms with E-state index >= 15 is 0 Å². The molecule has 0 bridgehead atoms. The second-order valence-corrected chi connectivity index (χ2v) is 4.11. The summed E-state index contributed by atoms with van der Waals surface area (Å²) in [4.78, 5) is 11.4. The van der Waals surface area contributed by atoms with Crippen molar-refractivity contribution in [2.24, 2.45) is 11.8 Å². The van der Waals surface area contributed by atoms with Crippen LogP contribution >= 0.6 is 0 Å². The second kappa shape index (κ2) is 3.93. The monoisotopic (exact) mass is 204 g/mol. The molecule has 2 amide bonds. The smallest absolute Gasteiger partial charge is 0.319 e. The number of amides is 2. The number of rotatable bonds is 3. The minimum Gasteiger partial charge on any atom is -0.334 e. The van der Waals surface area contributed by atoms with E-state index in [0.717, 1.165) is 5.70 Å². The Balaban J connectivity index is 1.90. The van der Waals surface area contributed by atoms with Crippen LogP contribution < -0.4 is 10.6 Å². The van der Waals surface area contributed by atoms with Gasteiger partial charge in [-0.25, -0.2) is 4.79 Å². The van der Waals surface area contributed by atoms with Crippen molar-refractivity contribution in [3.05, 3.63) is 36.1 Å². The Bertz CT molecular complexity index is 355. The number of nitrogens with one attached hydrogen (secondary N) is 2. The number of fused-ring (bicyclic) bond motifs is 1. The van der Waals surface area contributed by atoms with Gasteiger partial charge in [-0.15, -0.1) is 6.58 Å². The van der Waals surface area contributed by atoms with Gasteiger partial charge < -0.3 is 10.6 Å². The summed E-state index contributed by atoms with van der Waals surface area (Å²) in [5.74, 6) is 1.22. The number of carbonyl (C=O) groups is 1. The molecule has 0 aromatic rings. The summed E-state index contributed by atoms with van der Waals surface area (Å²) in [6.45, 7) is 6.20. The molecule has 2 unspecified atom stereocenters. The van der Waals surface area contributed by atoms with Crippen molar-refractivity contribution in [1.29, 1.82) is 0 Å². The van der Waals surface area contributed by atoms with Gasteiger partial charge in [-0.05, 0) is 25.3 Å². The average Bonchev–Trinajstić information content (AvgIpc) is 3.00. The molecule has 1 saturated carbocycles. The summed E-state index contributed by atoms with van der Waals surface area (Å²) >= 11 is 0. The van der Waals surface area contributed by atoms with Crippen LogP contribution in [-0.2, 0) is 0 Å². The molecule has 2 N–H and O–H groups in total. The van der Waals surface area contributed by atoms with Gasteiger partial charge in [0.2, 0.25) is 0 Å². The number of urea groups is 1. The normalized spacial score (nSPS) is 27.0. The molecule has 2 aliphatic rings. The maximum Gasteiger partial charge on any atom is 0.319 e. The molecule has 0 radical (unpaired) electrons. The molecule has 0 aromatic carbocycles. The summed E-state index contributed by atoms with van der Waals surface area (Å²) < 4.78 is 0. The van der Waals surface area contributed by atoms with Gasteiger partial charge in [0.1, 0.15) is 0 Å². The van der Waals surface area contributed by atoms with Crippen molar-refractivity contribution >= 4 is 6.03 Å². The zero-order valence-corrected chi connectivity index (χ0v) is 8.92. The van der Waals surface area contributed by atoms with Gasteiger partial charge in [0.15, 0.2) is 0 Å². The first-order valence-corrected chi connectivity index (χ1v) is 5.26. The lowest BCUT2D eigenvalue weighted by molar-refractivity contribution is 0.244. The first-order valence-electron chi connectivity index (χ1n) is 5.26. The summed E-state index contributed by atoms with van der Waals surface area (Å²) in [7, 11) is 0. The van der Waals surface area contributed by atoms with Crippen LogP contribution in [0.15, 0.2) is 36.1 Å². The fourth-order valence-corrected chi connectivity index (χ4v) is 1.98. The van der Waals surface area contributed by atoms with E-state index in [1.54, 1.807) is 6.08 Å². The predicted octanol–water partition coefficient (Wildman–Crippen LogP) is 1.95. The van der Waals surface area contributed by atoms with E-state index in [0.29, 0.717) is 18.4 Å². The Hall–Kier alpha value is -1.51. The Morgan fingerprint density at radius 1 is 1.60 bits per heavy atom. The topological polar surface area (TPSA) is 41.1 Å². The molecule has 0 aliphatic heterocycles. The van der Waals surface area contributed by atoms with Crippen molar-refractivity contribution in [3.63, 3.8) is 0 Å². The second-order valence-electron chi connectivity index (χ2n) is 4.11. The maximum atomic E-state index is 11.4. The van der Waals surface area contributed by atoms with Crippen LogP contribution in [0.4, 0.5) is 4.79 Å². The summed E-state index contributed by atoms with van der Waals surface area (Å²) in [5.41, 5.74) is 2.48. The van der Waals surface area contributed by atoms with Crippen LogP contribution in [0.5, 0.6) is 0 Å². The van der Waals surface area contributed by atoms with Crippen molar-refractivity contribution in [3.8, 4) is 0 Å². The van der Waals surface area contributed by atoms with Gasteiger partial charge in [0.25, 0.3) is 0 Å². The van der Waals surface area contributed by atoms with E-state index < -0.39 is 0 Å². The number of hydrogen-bond donors (Lipinski definition) is 2. The Kier molecular flexibility index (Phi) is 2.62. The van der Waals surface area contributed by atoms with E-state index in [1.165, 1.54) is 12.0 Å². The van der Waals surface area contributed by atoms with Crippen LogP contribution in [0.2, 0.25) is 0 Å². The highest BCUT2D eigenvalue weighted by Gasteiger charge is 2.42. The number of allylic oxidation sites excluding steroid dienone is 4. The van der Waals surface area contributed by atoms with E-state index in [9.17, 15) is 4.79 Å². The van der Waals surface area contributed by atoms with Gasteiger partial charge >= 0.3 is 6.03 Å². The molecule has 2 aliphatic carbocycles. The van der Waals surface area contributed by atoms with Crippen molar-refractivity contribution in [2.45, 2.75) is 13.3 Å². The Morgan fingerprint density at radius 3 is 3.13 bits per heavy atom. The molecule has 3 heteroatoms. The van der Waals surface area contributed by atoms with Gasteiger partial charge in [-0.2, -0.15) is 0 Å². The van der Waals surface area contributed by atoms with E-state index in [2.05, 4.69) is 30.2 Å². The molecule has 0 aromatic heterocycles. The standard InChI is InChI=1S/C12H16N2O/c1-3-6-13-12(15)14-11-5-4-8(2)9-7-10(9)11/h3-5,9-10H,1,6-7H2,2H3,(H2,13,14,15). The SMILES string of the molecule is C=CCNC(=O)NC1=CC=C(C)C2CC12. The molecule has 0 spiro atoms. The molecule has 2 rings (SSSR count). The maximum absolute atomic E-state index is 11.4. The lowest BCUT2D eigenvalue weighted by Crippen LogP contribution is -2.35. The number of hydrogen-bond acceptors (Lipinski definition) is 1. The van der Waals surface area contributed by atoms with Gasteiger partial charge in [0, 0.05) is 18.2 Å². The van der Waals surface area contributed by atoms with Crippen LogP contribution in [0.1, 0.15) is 13.3 Å². The van der Waals surface area contributed by atoms with Crippen LogP contribution in [-0.4, -0.2) is 12.6 Å². The van der Waals surface area contributed by atoms with Gasteiger partial charge in [-0.1, -0.05) is 17.7 Å². The largest absolute Gasteiger partial charge is 0.334 e. The lowest BCUT2D eigenvalue weighted by Gasteiger charge is -2.13. The van der Waals surface area contributed by atoms with Crippen LogP contribution in [0.3, 0.4) is 0 Å². The number of carbonyl (C=O) groups excluding carboxylic acids is 1. The molecular formula is C12H16N2O. The molecular weight excluding hydrogens is 188 g/mol. The summed E-state index contributed by atoms with van der Waals surface area (Å²) in [6.07, 6.45) is 6.95. The minimum absolute atomic E-state index is 0.139. The summed E-state index contributed by atoms with van der Waals surface area (Å²) in [5, 5.41) is 5.58. The van der Waals surface area contributed by atoms with Gasteiger partial charge in [-0.3, -0.25) is 0 Å². The zero-order valence-electron chi connectivity index (χ0n) is 8.92. The quantitative estimate of drug-likeness (QED) is 0.678. The molecule has 2 atom stereocenters. The molecule has 0 heterocycles. The van der Waals surface area contributed by atoms with Crippen molar-refractivity contribution < 1.29 is 4.79 Å². The molecule has 15 heavy (non-hydrogen) atoms. The Morgan fingerprint density at radius 2 is 2.40 bits per heavy atom. The fraction of sp³-hybridized carbons (Fsp3) is 0.417. The highest BCUT2D eigenvalue weighted by atomic mass is 16.2. The third-order valence-corrected chi connectivity index (χ3v) is 2.97. The molecule has 80 valence electrons. The fourth-order valence-electron chi connectivity index (χ4n) is 1.98. The van der Waals surface area contributed by atoms with Crippen molar-refractivity contribution in [1.82, 2.24) is 10.6 Å². The summed E-state index contributed by atoms with van der Waals surface area (Å²) in [6, 6.07) is -0.139. The van der Waals surface area contributed by atoms with Crippen LogP contribution in [0.25, 0.3) is 0 Å². The molecule has 3 nitrogen and oxygen atoms in total. The van der Waals surface area contributed by atoms with E-state index in [1.807, 2.05) is 6.08 Å². The molecule has 1 fully saturated rings. The van der Waals surface area contributed by atoms with E-state index in [4.69, 9.17) is 0 Å². The lowest BCUT2D eigenvalue weighted by atomic mass is 10.0. The van der Waals surface area contributed by atoms with Gasteiger partial charge in [0.05, 0.1) is 0 Å². The van der Waals surface area contributed by atoms with Crippen LogP contribution in [0, 0.1) is 11.8 Å².